The van der Waals surface area contributed by atoms with E-state index in [9.17, 15) is 0 Å². The Morgan fingerprint density at radius 2 is 1.19 bits per heavy atom. The Balaban J connectivity index is 1.24. The predicted octanol–water partition coefficient (Wildman–Crippen LogP) is 11.1. The molecular formula is C44H30N4. The van der Waals surface area contributed by atoms with Gasteiger partial charge in [0.25, 0.3) is 0 Å². The highest BCUT2D eigenvalue weighted by Crippen LogP contribution is 2.45. The summed E-state index contributed by atoms with van der Waals surface area (Å²) in [6.07, 6.45) is 3.81. The quantitative estimate of drug-likeness (QED) is 0.186. The van der Waals surface area contributed by atoms with E-state index < -0.39 is 0 Å². The van der Waals surface area contributed by atoms with E-state index in [1.807, 2.05) is 12.3 Å². The summed E-state index contributed by atoms with van der Waals surface area (Å²) in [5.74, 6) is 0.911. The Hall–Kier alpha value is -6.26. The molecule has 4 heterocycles. The molecule has 4 nitrogen and oxygen atoms in total. The van der Waals surface area contributed by atoms with E-state index in [4.69, 9.17) is 9.97 Å². The van der Waals surface area contributed by atoms with Gasteiger partial charge in [-0.1, -0.05) is 103 Å². The summed E-state index contributed by atoms with van der Waals surface area (Å²) in [5, 5.41) is 6.00. The fourth-order valence-corrected chi connectivity index (χ4v) is 7.70. The van der Waals surface area contributed by atoms with Gasteiger partial charge in [0.2, 0.25) is 0 Å². The molecule has 1 aliphatic rings. The van der Waals surface area contributed by atoms with Crippen molar-refractivity contribution >= 4 is 60.5 Å². The number of rotatable bonds is 3. The van der Waals surface area contributed by atoms with E-state index in [1.165, 1.54) is 44.0 Å². The van der Waals surface area contributed by atoms with Gasteiger partial charge in [0.05, 0.1) is 27.9 Å². The molecule has 0 fully saturated rings. The van der Waals surface area contributed by atoms with Gasteiger partial charge in [0, 0.05) is 44.7 Å². The maximum Gasteiger partial charge on any atom is 0.137 e. The zero-order chi connectivity index (χ0) is 31.6. The fraction of sp³-hybridized carbons (Fsp3) is 0.0455. The molecule has 4 heteroatoms. The van der Waals surface area contributed by atoms with Crippen LogP contribution in [0.15, 0.2) is 158 Å². The van der Waals surface area contributed by atoms with Crippen molar-refractivity contribution in [2.45, 2.75) is 12.8 Å². The maximum absolute atomic E-state index is 5.27. The molecule has 0 radical (unpaired) electrons. The van der Waals surface area contributed by atoms with Crippen LogP contribution in [0.5, 0.6) is 0 Å². The minimum absolute atomic E-state index is 0.911. The van der Waals surface area contributed by atoms with Crippen LogP contribution in [0.25, 0.3) is 60.6 Å². The Morgan fingerprint density at radius 3 is 2.06 bits per heavy atom. The number of nitrogens with zero attached hydrogens (tertiary/aromatic N) is 4. The molecule has 0 aliphatic carbocycles. The molecule has 48 heavy (non-hydrogen) atoms. The first kappa shape index (κ1) is 26.9. The largest absolute Gasteiger partial charge is 0.310 e. The molecule has 9 aromatic rings. The molecular weight excluding hydrogens is 585 g/mol. The lowest BCUT2D eigenvalue weighted by Gasteiger charge is -2.28. The molecule has 1 aliphatic heterocycles. The highest BCUT2D eigenvalue weighted by molar-refractivity contribution is 6.12. The van der Waals surface area contributed by atoms with Crippen LogP contribution in [-0.2, 0) is 12.8 Å². The molecule has 226 valence electrons. The van der Waals surface area contributed by atoms with Crippen molar-refractivity contribution in [2.75, 3.05) is 4.90 Å². The Morgan fingerprint density at radius 1 is 0.479 bits per heavy atom. The number of pyridine rings is 2. The summed E-state index contributed by atoms with van der Waals surface area (Å²) in [7, 11) is 0. The summed E-state index contributed by atoms with van der Waals surface area (Å²) in [4.78, 5) is 12.5. The van der Waals surface area contributed by atoms with Gasteiger partial charge >= 0.3 is 0 Å². The van der Waals surface area contributed by atoms with Gasteiger partial charge in [0.15, 0.2) is 0 Å². The molecule has 0 bridgehead atoms. The lowest BCUT2D eigenvalue weighted by Crippen LogP contribution is -2.12. The third-order valence-electron chi connectivity index (χ3n) is 9.90. The fourth-order valence-electron chi connectivity index (χ4n) is 7.70. The van der Waals surface area contributed by atoms with Crippen LogP contribution in [0.3, 0.4) is 0 Å². The van der Waals surface area contributed by atoms with Crippen molar-refractivity contribution in [1.29, 1.82) is 0 Å². The van der Waals surface area contributed by atoms with Gasteiger partial charge in [-0.3, -0.25) is 4.57 Å². The Labute approximate surface area is 278 Å². The number of fused-ring (bicyclic) bond motifs is 8. The van der Waals surface area contributed by atoms with Crippen LogP contribution in [0.1, 0.15) is 11.1 Å². The lowest BCUT2D eigenvalue weighted by molar-refractivity contribution is 0.978. The van der Waals surface area contributed by atoms with Gasteiger partial charge in [-0.15, -0.1) is 0 Å². The van der Waals surface area contributed by atoms with Gasteiger partial charge in [0.1, 0.15) is 5.82 Å². The van der Waals surface area contributed by atoms with Gasteiger partial charge in [-0.05, 0) is 77.9 Å². The van der Waals surface area contributed by atoms with Crippen LogP contribution in [0.4, 0.5) is 17.1 Å². The Kier molecular flexibility index (Phi) is 5.97. The third-order valence-corrected chi connectivity index (χ3v) is 9.90. The zero-order valence-electron chi connectivity index (χ0n) is 26.2. The second kappa shape index (κ2) is 10.6. The molecule has 0 saturated heterocycles. The standard InChI is InChI=1S/C44H30N4/c1-7-17-39-29(11-1)20-21-30-22-23-31(44-37-15-3-2-12-33(37)34-13-4-6-16-38(34)46-44)27-41(30)47(39)32-24-25-36-35-14-5-8-18-40(35)48(42(36)28-32)43-19-9-10-26-45-43/h1-19,22-28H,20-21H2. The first-order valence-corrected chi connectivity index (χ1v) is 16.6. The van der Waals surface area contributed by atoms with Crippen LogP contribution < -0.4 is 4.90 Å². The van der Waals surface area contributed by atoms with Crippen LogP contribution in [-0.4, -0.2) is 14.5 Å². The predicted molar refractivity (Wildman–Crippen MR) is 199 cm³/mol. The van der Waals surface area contributed by atoms with E-state index in [2.05, 4.69) is 155 Å². The van der Waals surface area contributed by atoms with Crippen LogP contribution in [0.2, 0.25) is 0 Å². The topological polar surface area (TPSA) is 34.0 Å². The van der Waals surface area contributed by atoms with Crippen molar-refractivity contribution in [3.63, 3.8) is 0 Å². The molecule has 0 unspecified atom stereocenters. The van der Waals surface area contributed by atoms with Crippen molar-refractivity contribution in [3.8, 4) is 17.1 Å². The molecule has 3 aromatic heterocycles. The Bertz CT molecular complexity index is 2690. The lowest BCUT2D eigenvalue weighted by atomic mass is 9.97. The number of para-hydroxylation sites is 3. The summed E-state index contributed by atoms with van der Waals surface area (Å²) in [6.45, 7) is 0. The molecule has 0 saturated carbocycles. The smallest absolute Gasteiger partial charge is 0.137 e. The summed E-state index contributed by atoms with van der Waals surface area (Å²) < 4.78 is 2.29. The van der Waals surface area contributed by atoms with E-state index in [0.29, 0.717) is 0 Å². The first-order chi connectivity index (χ1) is 23.8. The maximum atomic E-state index is 5.27. The van der Waals surface area contributed by atoms with E-state index in [0.717, 1.165) is 57.5 Å². The number of aromatic nitrogens is 3. The molecule has 0 spiro atoms. The highest BCUT2D eigenvalue weighted by atomic mass is 15.2. The molecule has 0 N–H and O–H groups in total. The molecule has 0 atom stereocenters. The second-order valence-corrected chi connectivity index (χ2v) is 12.6. The van der Waals surface area contributed by atoms with Crippen molar-refractivity contribution in [3.05, 3.63) is 169 Å². The SMILES string of the molecule is c1ccc(-n2c3ccccc3c3ccc(N4c5ccccc5CCc5ccc(-c6nc7ccccc7c7ccccc67)cc54)cc32)nc1. The van der Waals surface area contributed by atoms with E-state index >= 15 is 0 Å². The molecule has 6 aromatic carbocycles. The van der Waals surface area contributed by atoms with Gasteiger partial charge in [-0.25, -0.2) is 9.97 Å². The van der Waals surface area contributed by atoms with Crippen LogP contribution in [0, 0.1) is 0 Å². The second-order valence-electron chi connectivity index (χ2n) is 12.6. The normalized spacial score (nSPS) is 12.8. The number of hydrogen-bond donors (Lipinski definition) is 0. The minimum atomic E-state index is 0.911. The number of anilines is 3. The summed E-state index contributed by atoms with van der Waals surface area (Å²) >= 11 is 0. The highest BCUT2D eigenvalue weighted by Gasteiger charge is 2.25. The van der Waals surface area contributed by atoms with Crippen molar-refractivity contribution in [1.82, 2.24) is 14.5 Å². The average molecular weight is 615 g/mol. The zero-order valence-corrected chi connectivity index (χ0v) is 26.2. The number of hydrogen-bond acceptors (Lipinski definition) is 3. The summed E-state index contributed by atoms with van der Waals surface area (Å²) in [5.41, 5.74) is 11.6. The average Bonchev–Trinajstić information content (AvgIpc) is 3.38. The van der Waals surface area contributed by atoms with Crippen LogP contribution >= 0.6 is 0 Å². The van der Waals surface area contributed by atoms with Crippen molar-refractivity contribution in [2.24, 2.45) is 0 Å². The number of aryl methyl sites for hydroxylation is 2. The van der Waals surface area contributed by atoms with E-state index in [-0.39, 0.29) is 0 Å². The molecule has 0 amide bonds. The first-order valence-electron chi connectivity index (χ1n) is 16.6. The van der Waals surface area contributed by atoms with Gasteiger partial charge < -0.3 is 4.90 Å². The molecule has 10 rings (SSSR count). The minimum Gasteiger partial charge on any atom is -0.310 e. The van der Waals surface area contributed by atoms with E-state index in [1.54, 1.807) is 0 Å². The number of benzene rings is 6. The van der Waals surface area contributed by atoms with Crippen molar-refractivity contribution < 1.29 is 0 Å². The monoisotopic (exact) mass is 614 g/mol. The van der Waals surface area contributed by atoms with Gasteiger partial charge in [-0.2, -0.15) is 0 Å². The third kappa shape index (κ3) is 4.09. The summed E-state index contributed by atoms with van der Waals surface area (Å²) in [6, 6.07) is 54.5.